The van der Waals surface area contributed by atoms with Crippen LogP contribution in [0.5, 0.6) is 0 Å². The molecule has 1 aliphatic rings. The summed E-state index contributed by atoms with van der Waals surface area (Å²) in [5.41, 5.74) is 0.818. The Morgan fingerprint density at radius 1 is 0.962 bits per heavy atom. The van der Waals surface area contributed by atoms with Crippen LogP contribution < -0.4 is 0 Å². The van der Waals surface area contributed by atoms with Crippen molar-refractivity contribution >= 4 is 21.7 Å². The van der Waals surface area contributed by atoms with E-state index in [4.69, 9.17) is 0 Å². The molecule has 0 radical (unpaired) electrons. The predicted molar refractivity (Wildman–Crippen MR) is 95.3 cm³/mol. The summed E-state index contributed by atoms with van der Waals surface area (Å²) in [4.78, 5) is 29.5. The van der Waals surface area contributed by atoms with Crippen molar-refractivity contribution in [3.05, 3.63) is 59.9 Å². The van der Waals surface area contributed by atoms with Crippen LogP contribution in [0.4, 0.5) is 0 Å². The van der Waals surface area contributed by atoms with Gasteiger partial charge in [-0.25, -0.2) is 8.42 Å². The number of ketones is 1. The number of carbonyl (C=O) groups excluding carboxylic acids is 2. The molecule has 26 heavy (non-hydrogen) atoms. The van der Waals surface area contributed by atoms with Crippen molar-refractivity contribution in [1.82, 2.24) is 14.2 Å². The topological polar surface area (TPSA) is 87.7 Å². The average Bonchev–Trinajstić information content (AvgIpc) is 2.68. The lowest BCUT2D eigenvalue weighted by Gasteiger charge is -2.33. The van der Waals surface area contributed by atoms with Gasteiger partial charge in [0.15, 0.2) is 5.78 Å². The third-order valence-corrected chi connectivity index (χ3v) is 6.22. The number of rotatable bonds is 4. The summed E-state index contributed by atoms with van der Waals surface area (Å²) in [7, 11) is -3.65. The molecule has 1 aromatic heterocycles. The van der Waals surface area contributed by atoms with Crippen LogP contribution in [0.15, 0.2) is 53.6 Å². The fourth-order valence-corrected chi connectivity index (χ4v) is 4.22. The Bertz CT molecular complexity index is 903. The lowest BCUT2D eigenvalue weighted by atomic mass is 10.2. The number of pyridine rings is 1. The average molecular weight is 373 g/mol. The van der Waals surface area contributed by atoms with E-state index in [-0.39, 0.29) is 29.7 Å². The van der Waals surface area contributed by atoms with Crippen LogP contribution in [0, 0.1) is 0 Å². The molecule has 0 atom stereocenters. The van der Waals surface area contributed by atoms with Gasteiger partial charge in [-0.15, -0.1) is 0 Å². The van der Waals surface area contributed by atoms with Gasteiger partial charge in [-0.3, -0.25) is 14.6 Å². The number of nitrogens with zero attached hydrogens (tertiary/aromatic N) is 3. The van der Waals surface area contributed by atoms with E-state index >= 15 is 0 Å². The first-order valence-electron chi connectivity index (χ1n) is 8.21. The highest BCUT2D eigenvalue weighted by atomic mass is 32.2. The first-order valence-corrected chi connectivity index (χ1v) is 9.65. The Kier molecular flexibility index (Phi) is 5.15. The Morgan fingerprint density at radius 3 is 2.15 bits per heavy atom. The number of piperazine rings is 1. The van der Waals surface area contributed by atoms with E-state index in [1.54, 1.807) is 29.3 Å². The maximum Gasteiger partial charge on any atom is 0.272 e. The van der Waals surface area contributed by atoms with Gasteiger partial charge in [0.25, 0.3) is 5.91 Å². The van der Waals surface area contributed by atoms with Crippen molar-refractivity contribution in [3.8, 4) is 0 Å². The molecule has 136 valence electrons. The number of hydrogen-bond acceptors (Lipinski definition) is 5. The Morgan fingerprint density at radius 2 is 1.62 bits per heavy atom. The molecule has 0 N–H and O–H groups in total. The largest absolute Gasteiger partial charge is 0.335 e. The predicted octanol–water partition coefficient (Wildman–Crippen LogP) is 1.43. The zero-order chi connectivity index (χ0) is 18.7. The van der Waals surface area contributed by atoms with Crippen LogP contribution in [0.25, 0.3) is 0 Å². The van der Waals surface area contributed by atoms with Crippen LogP contribution in [-0.4, -0.2) is 60.5 Å². The second-order valence-corrected chi connectivity index (χ2v) is 7.93. The second-order valence-electron chi connectivity index (χ2n) is 5.99. The first kappa shape index (κ1) is 18.2. The molecule has 0 saturated carbocycles. The monoisotopic (exact) mass is 373 g/mol. The molecule has 2 aromatic rings. The summed E-state index contributed by atoms with van der Waals surface area (Å²) in [5, 5.41) is 0. The van der Waals surface area contributed by atoms with Crippen LogP contribution >= 0.6 is 0 Å². The lowest BCUT2D eigenvalue weighted by Crippen LogP contribution is -2.50. The van der Waals surface area contributed by atoms with Crippen molar-refractivity contribution in [2.75, 3.05) is 26.2 Å². The SMILES string of the molecule is CC(=O)c1ccc(S(=O)(=O)N2CCN(C(=O)c3ccccn3)CC2)cc1. The quantitative estimate of drug-likeness (QED) is 0.757. The van der Waals surface area contributed by atoms with E-state index in [1.165, 1.54) is 35.5 Å². The van der Waals surface area contributed by atoms with Gasteiger partial charge in [0.2, 0.25) is 10.0 Å². The number of Topliss-reactive ketones (excluding diaryl/α,β-unsaturated/α-hetero) is 1. The molecule has 0 bridgehead atoms. The highest BCUT2D eigenvalue weighted by Gasteiger charge is 2.30. The van der Waals surface area contributed by atoms with Crippen LogP contribution in [0.3, 0.4) is 0 Å². The van der Waals surface area contributed by atoms with Crippen LogP contribution in [0.1, 0.15) is 27.8 Å². The fraction of sp³-hybridized carbons (Fsp3) is 0.278. The Labute approximate surface area is 152 Å². The summed E-state index contributed by atoms with van der Waals surface area (Å²) in [6.07, 6.45) is 1.55. The summed E-state index contributed by atoms with van der Waals surface area (Å²) >= 11 is 0. The van der Waals surface area contributed by atoms with Crippen molar-refractivity contribution in [1.29, 1.82) is 0 Å². The highest BCUT2D eigenvalue weighted by Crippen LogP contribution is 2.19. The number of sulfonamides is 1. The van der Waals surface area contributed by atoms with E-state index in [1.807, 2.05) is 0 Å². The van der Waals surface area contributed by atoms with Gasteiger partial charge < -0.3 is 4.90 Å². The normalized spacial score (nSPS) is 15.7. The third kappa shape index (κ3) is 3.66. The third-order valence-electron chi connectivity index (χ3n) is 4.31. The van der Waals surface area contributed by atoms with Crippen LogP contribution in [0.2, 0.25) is 0 Å². The molecule has 1 aromatic carbocycles. The molecule has 1 aliphatic heterocycles. The van der Waals surface area contributed by atoms with Crippen LogP contribution in [-0.2, 0) is 10.0 Å². The molecule has 1 fully saturated rings. The van der Waals surface area contributed by atoms with Crippen molar-refractivity contribution in [2.24, 2.45) is 0 Å². The summed E-state index contributed by atoms with van der Waals surface area (Å²) in [6, 6.07) is 11.0. The van der Waals surface area contributed by atoms with E-state index in [9.17, 15) is 18.0 Å². The smallest absolute Gasteiger partial charge is 0.272 e. The first-order chi connectivity index (χ1) is 12.4. The number of hydrogen-bond donors (Lipinski definition) is 0. The zero-order valence-corrected chi connectivity index (χ0v) is 15.1. The molecular formula is C18H19N3O4S. The van der Waals surface area contributed by atoms with Gasteiger partial charge >= 0.3 is 0 Å². The minimum absolute atomic E-state index is 0.115. The molecule has 3 rings (SSSR count). The number of benzene rings is 1. The Balaban J connectivity index is 1.68. The maximum absolute atomic E-state index is 12.7. The Hall–Kier alpha value is -2.58. The molecule has 1 saturated heterocycles. The maximum atomic E-state index is 12.7. The molecule has 0 unspecified atom stereocenters. The molecule has 0 spiro atoms. The van der Waals surface area contributed by atoms with Crippen molar-refractivity contribution in [2.45, 2.75) is 11.8 Å². The number of carbonyl (C=O) groups is 2. The van der Waals surface area contributed by atoms with Gasteiger partial charge in [0, 0.05) is 37.9 Å². The van der Waals surface area contributed by atoms with E-state index in [0.29, 0.717) is 24.3 Å². The summed E-state index contributed by atoms with van der Waals surface area (Å²) in [5.74, 6) is -0.316. The van der Waals surface area contributed by atoms with Gasteiger partial charge in [0.1, 0.15) is 5.69 Å². The lowest BCUT2D eigenvalue weighted by molar-refractivity contribution is 0.0692. The van der Waals surface area contributed by atoms with Gasteiger partial charge in [-0.1, -0.05) is 18.2 Å². The highest BCUT2D eigenvalue weighted by molar-refractivity contribution is 7.89. The molecule has 1 amide bonds. The van der Waals surface area contributed by atoms with Crippen molar-refractivity contribution in [3.63, 3.8) is 0 Å². The fourth-order valence-electron chi connectivity index (χ4n) is 2.79. The standard InChI is InChI=1S/C18H19N3O4S/c1-14(22)15-5-7-16(8-6-15)26(24,25)21-12-10-20(11-13-21)18(23)17-4-2-3-9-19-17/h2-9H,10-13H2,1H3. The summed E-state index contributed by atoms with van der Waals surface area (Å²) < 4.78 is 26.8. The number of amides is 1. The van der Waals surface area contributed by atoms with Gasteiger partial charge in [-0.05, 0) is 31.2 Å². The van der Waals surface area contributed by atoms with Crippen molar-refractivity contribution < 1.29 is 18.0 Å². The van der Waals surface area contributed by atoms with E-state index in [0.717, 1.165) is 0 Å². The molecule has 0 aliphatic carbocycles. The van der Waals surface area contributed by atoms with Gasteiger partial charge in [-0.2, -0.15) is 4.31 Å². The minimum Gasteiger partial charge on any atom is -0.335 e. The molecule has 2 heterocycles. The summed E-state index contributed by atoms with van der Waals surface area (Å²) in [6.45, 7) is 2.48. The second kappa shape index (κ2) is 7.35. The van der Waals surface area contributed by atoms with Gasteiger partial charge in [0.05, 0.1) is 4.90 Å². The molecular weight excluding hydrogens is 354 g/mol. The minimum atomic E-state index is -3.65. The molecule has 8 heteroatoms. The number of aromatic nitrogens is 1. The van der Waals surface area contributed by atoms with E-state index in [2.05, 4.69) is 4.98 Å². The molecule has 7 nitrogen and oxygen atoms in total. The zero-order valence-electron chi connectivity index (χ0n) is 14.3. The van der Waals surface area contributed by atoms with E-state index < -0.39 is 10.0 Å².